The Morgan fingerprint density at radius 3 is 2.71 bits per heavy atom. The second-order valence-corrected chi connectivity index (χ2v) is 7.21. The predicted octanol–water partition coefficient (Wildman–Crippen LogP) is 2.76. The quantitative estimate of drug-likeness (QED) is 0.930. The van der Waals surface area contributed by atoms with Gasteiger partial charge in [-0.2, -0.15) is 0 Å². The molecule has 1 saturated carbocycles. The molecule has 1 aromatic rings. The second kappa shape index (κ2) is 6.88. The maximum absolute atomic E-state index is 11.6. The number of hydrogen-bond donors (Lipinski definition) is 1. The fraction of sp³-hybridized carbons (Fsp3) is 0.750. The highest BCUT2D eigenvalue weighted by atomic mass is 32.1. The number of amides is 1. The van der Waals surface area contributed by atoms with Crippen LogP contribution in [0.25, 0.3) is 0 Å². The molecule has 21 heavy (non-hydrogen) atoms. The lowest BCUT2D eigenvalue weighted by Gasteiger charge is -2.30. The minimum Gasteiger partial charge on any atom is -0.359 e. The molecule has 3 rings (SSSR count). The van der Waals surface area contributed by atoms with Crippen molar-refractivity contribution in [3.05, 3.63) is 16.1 Å². The summed E-state index contributed by atoms with van der Waals surface area (Å²) in [4.78, 5) is 18.9. The first-order chi connectivity index (χ1) is 10.3. The molecular weight excluding hydrogens is 282 g/mol. The Hall–Kier alpha value is -0.940. The van der Waals surface area contributed by atoms with Gasteiger partial charge in [0.1, 0.15) is 0 Å². The third-order valence-electron chi connectivity index (χ3n) is 4.86. The monoisotopic (exact) mass is 307 g/mol. The Kier molecular flexibility index (Phi) is 4.91. The minimum atomic E-state index is 0.201. The van der Waals surface area contributed by atoms with Crippen molar-refractivity contribution in [2.75, 3.05) is 20.1 Å². The summed E-state index contributed by atoms with van der Waals surface area (Å²) < 4.78 is 0. The van der Waals surface area contributed by atoms with Crippen LogP contribution in [0, 0.1) is 5.92 Å². The van der Waals surface area contributed by atoms with Crippen LogP contribution in [0.15, 0.2) is 5.38 Å². The number of hydrogen-bond acceptors (Lipinski definition) is 4. The lowest BCUT2D eigenvalue weighted by Crippen LogP contribution is -2.39. The topological polar surface area (TPSA) is 45.2 Å². The van der Waals surface area contributed by atoms with Crippen molar-refractivity contribution >= 4 is 17.2 Å². The van der Waals surface area contributed by atoms with Gasteiger partial charge in [0.2, 0.25) is 5.91 Å². The van der Waals surface area contributed by atoms with Gasteiger partial charge in [-0.15, -0.1) is 11.3 Å². The number of carbonyl (C=O) groups is 1. The van der Waals surface area contributed by atoms with E-state index in [2.05, 4.69) is 15.6 Å². The molecule has 1 aliphatic heterocycles. The minimum absolute atomic E-state index is 0.201. The first kappa shape index (κ1) is 15.0. The molecule has 1 N–H and O–H groups in total. The predicted molar refractivity (Wildman–Crippen MR) is 85.4 cm³/mol. The highest BCUT2D eigenvalue weighted by molar-refractivity contribution is 7.09. The Balaban J connectivity index is 1.50. The summed E-state index contributed by atoms with van der Waals surface area (Å²) in [5, 5.41) is 6.35. The SMILES string of the molecule is CNC(=O)C1CCN(Cc2csc(C3CCCC3)n2)CC1. The zero-order chi connectivity index (χ0) is 14.7. The van der Waals surface area contributed by atoms with Gasteiger partial charge in [0, 0.05) is 30.8 Å². The number of thiazole rings is 1. The van der Waals surface area contributed by atoms with Gasteiger partial charge in [-0.1, -0.05) is 12.8 Å². The van der Waals surface area contributed by atoms with Crippen LogP contribution in [0.4, 0.5) is 0 Å². The summed E-state index contributed by atoms with van der Waals surface area (Å²) in [6.07, 6.45) is 7.33. The molecule has 116 valence electrons. The van der Waals surface area contributed by atoms with E-state index in [9.17, 15) is 4.79 Å². The molecular formula is C16H25N3OS. The number of nitrogens with one attached hydrogen (secondary N) is 1. The Morgan fingerprint density at radius 1 is 1.33 bits per heavy atom. The van der Waals surface area contributed by atoms with Gasteiger partial charge in [-0.05, 0) is 38.8 Å². The van der Waals surface area contributed by atoms with Crippen LogP contribution in [-0.2, 0) is 11.3 Å². The largest absolute Gasteiger partial charge is 0.359 e. The number of likely N-dealkylation sites (tertiary alicyclic amines) is 1. The average molecular weight is 307 g/mol. The molecule has 0 atom stereocenters. The van der Waals surface area contributed by atoms with Crippen LogP contribution < -0.4 is 5.32 Å². The molecule has 5 heteroatoms. The van der Waals surface area contributed by atoms with Gasteiger partial charge < -0.3 is 5.32 Å². The van der Waals surface area contributed by atoms with E-state index >= 15 is 0 Å². The number of nitrogens with zero attached hydrogens (tertiary/aromatic N) is 2. The van der Waals surface area contributed by atoms with Crippen molar-refractivity contribution in [2.24, 2.45) is 5.92 Å². The molecule has 2 fully saturated rings. The molecule has 0 radical (unpaired) electrons. The smallest absolute Gasteiger partial charge is 0.222 e. The normalized spacial score (nSPS) is 21.8. The third kappa shape index (κ3) is 3.64. The summed E-state index contributed by atoms with van der Waals surface area (Å²) in [6, 6.07) is 0. The van der Waals surface area contributed by atoms with Gasteiger partial charge in [0.05, 0.1) is 10.7 Å². The van der Waals surface area contributed by atoms with Gasteiger partial charge in [-0.25, -0.2) is 4.98 Å². The Bertz CT molecular complexity index is 474. The van der Waals surface area contributed by atoms with E-state index in [1.807, 2.05) is 11.3 Å². The average Bonchev–Trinajstić information content (AvgIpc) is 3.18. The van der Waals surface area contributed by atoms with Crippen LogP contribution in [-0.4, -0.2) is 35.9 Å². The molecule has 4 nitrogen and oxygen atoms in total. The number of piperidine rings is 1. The maximum atomic E-state index is 11.6. The Labute approximate surface area is 130 Å². The summed E-state index contributed by atoms with van der Waals surface area (Å²) >= 11 is 1.84. The van der Waals surface area contributed by atoms with Crippen molar-refractivity contribution in [2.45, 2.75) is 51.0 Å². The molecule has 1 aromatic heterocycles. The molecule has 1 amide bonds. The number of rotatable bonds is 4. The molecule has 0 unspecified atom stereocenters. The maximum Gasteiger partial charge on any atom is 0.222 e. The summed E-state index contributed by atoms with van der Waals surface area (Å²) in [7, 11) is 1.73. The highest BCUT2D eigenvalue weighted by Crippen LogP contribution is 2.35. The fourth-order valence-electron chi connectivity index (χ4n) is 3.54. The van der Waals surface area contributed by atoms with Crippen LogP contribution >= 0.6 is 11.3 Å². The molecule has 0 aromatic carbocycles. The molecule has 2 aliphatic rings. The van der Waals surface area contributed by atoms with E-state index in [1.165, 1.54) is 36.4 Å². The zero-order valence-corrected chi connectivity index (χ0v) is 13.6. The zero-order valence-electron chi connectivity index (χ0n) is 12.8. The van der Waals surface area contributed by atoms with Crippen molar-refractivity contribution < 1.29 is 4.79 Å². The molecule has 2 heterocycles. The van der Waals surface area contributed by atoms with Gasteiger partial charge in [-0.3, -0.25) is 9.69 Å². The van der Waals surface area contributed by atoms with E-state index in [1.54, 1.807) is 7.05 Å². The van der Waals surface area contributed by atoms with Gasteiger partial charge in [0.15, 0.2) is 0 Å². The van der Waals surface area contributed by atoms with Crippen molar-refractivity contribution in [3.63, 3.8) is 0 Å². The number of aromatic nitrogens is 1. The van der Waals surface area contributed by atoms with E-state index in [0.29, 0.717) is 0 Å². The van der Waals surface area contributed by atoms with E-state index in [-0.39, 0.29) is 11.8 Å². The first-order valence-electron chi connectivity index (χ1n) is 8.14. The van der Waals surface area contributed by atoms with Crippen LogP contribution in [0.5, 0.6) is 0 Å². The molecule has 0 spiro atoms. The molecule has 1 saturated heterocycles. The number of carbonyl (C=O) groups excluding carboxylic acids is 1. The first-order valence-corrected chi connectivity index (χ1v) is 9.02. The molecule has 1 aliphatic carbocycles. The molecule has 0 bridgehead atoms. The third-order valence-corrected chi connectivity index (χ3v) is 5.92. The summed E-state index contributed by atoms with van der Waals surface area (Å²) in [5.74, 6) is 1.13. The van der Waals surface area contributed by atoms with Gasteiger partial charge in [0.25, 0.3) is 0 Å². The summed E-state index contributed by atoms with van der Waals surface area (Å²) in [5.41, 5.74) is 1.22. The summed E-state index contributed by atoms with van der Waals surface area (Å²) in [6.45, 7) is 2.96. The van der Waals surface area contributed by atoms with Crippen LogP contribution in [0.2, 0.25) is 0 Å². The highest BCUT2D eigenvalue weighted by Gasteiger charge is 2.25. The van der Waals surface area contributed by atoms with E-state index in [0.717, 1.165) is 38.4 Å². The second-order valence-electron chi connectivity index (χ2n) is 6.32. The lowest BCUT2D eigenvalue weighted by molar-refractivity contribution is -0.125. The lowest BCUT2D eigenvalue weighted by atomic mass is 9.96. The Morgan fingerprint density at radius 2 is 2.05 bits per heavy atom. The van der Waals surface area contributed by atoms with E-state index in [4.69, 9.17) is 4.98 Å². The van der Waals surface area contributed by atoms with Crippen molar-refractivity contribution in [1.29, 1.82) is 0 Å². The standard InChI is InChI=1S/C16H25N3OS/c1-17-15(20)12-6-8-19(9-7-12)10-14-11-21-16(18-14)13-4-2-3-5-13/h11-13H,2-10H2,1H3,(H,17,20). The van der Waals surface area contributed by atoms with Gasteiger partial charge >= 0.3 is 0 Å². The van der Waals surface area contributed by atoms with Crippen LogP contribution in [0.3, 0.4) is 0 Å². The van der Waals surface area contributed by atoms with Crippen molar-refractivity contribution in [3.8, 4) is 0 Å². The van der Waals surface area contributed by atoms with Crippen LogP contribution in [0.1, 0.15) is 55.1 Å². The fourth-order valence-corrected chi connectivity index (χ4v) is 4.52. The van der Waals surface area contributed by atoms with Crippen molar-refractivity contribution in [1.82, 2.24) is 15.2 Å². The van der Waals surface area contributed by atoms with E-state index < -0.39 is 0 Å².